The molecule has 20 heavy (non-hydrogen) atoms. The van der Waals surface area contributed by atoms with Crippen LogP contribution < -0.4 is 4.74 Å². The van der Waals surface area contributed by atoms with Crippen LogP contribution in [-0.2, 0) is 12.5 Å². The quantitative estimate of drug-likeness (QED) is 0.452. The van der Waals surface area contributed by atoms with Gasteiger partial charge in [0.25, 0.3) is 0 Å². The van der Waals surface area contributed by atoms with E-state index < -0.39 is 0 Å². The smallest absolute Gasteiger partial charge is 0.148 e. The highest BCUT2D eigenvalue weighted by atomic mass is 79.9. The fraction of sp³-hybridized carbons (Fsp3) is 0.143. The number of hydrogen-bond donors (Lipinski definition) is 0. The van der Waals surface area contributed by atoms with E-state index in [9.17, 15) is 4.39 Å². The maximum absolute atomic E-state index is 13.2. The van der Waals surface area contributed by atoms with Crippen molar-refractivity contribution in [2.75, 3.05) is 0 Å². The van der Waals surface area contributed by atoms with Crippen molar-refractivity contribution in [2.24, 2.45) is 0 Å². The molecule has 0 amide bonds. The summed E-state index contributed by atoms with van der Waals surface area (Å²) in [5.41, 5.74) is 1.86. The van der Waals surface area contributed by atoms with Crippen molar-refractivity contribution in [3.8, 4) is 5.75 Å². The fourth-order valence-corrected chi connectivity index (χ4v) is 3.70. The van der Waals surface area contributed by atoms with Crippen molar-refractivity contribution >= 4 is 59.4 Å². The van der Waals surface area contributed by atoms with Gasteiger partial charge in [0.2, 0.25) is 0 Å². The monoisotopic (exact) mass is 484 g/mol. The molecule has 2 aromatic rings. The zero-order valence-corrected chi connectivity index (χ0v) is 15.6. The lowest BCUT2D eigenvalue weighted by atomic mass is 10.2. The van der Waals surface area contributed by atoms with Crippen LogP contribution in [0.2, 0.25) is 0 Å². The second kappa shape index (κ2) is 7.25. The molecule has 0 saturated carbocycles. The van der Waals surface area contributed by atoms with E-state index in [1.54, 1.807) is 12.1 Å². The maximum atomic E-state index is 13.2. The fourth-order valence-electron chi connectivity index (χ4n) is 1.61. The normalized spacial score (nSPS) is 10.7. The molecule has 0 atom stereocenters. The molecule has 0 bridgehead atoms. The van der Waals surface area contributed by atoms with Crippen LogP contribution in [0.4, 0.5) is 4.39 Å². The molecular weight excluding hydrogens is 478 g/mol. The van der Waals surface area contributed by atoms with Gasteiger partial charge in [0.05, 0.1) is 13.4 Å². The van der Waals surface area contributed by atoms with Gasteiger partial charge in [-0.1, -0.05) is 6.07 Å². The molecule has 0 fully saturated rings. The molecule has 0 aliphatic carbocycles. The summed E-state index contributed by atoms with van der Waals surface area (Å²) in [4.78, 5) is 0. The van der Waals surface area contributed by atoms with E-state index in [4.69, 9.17) is 16.3 Å². The third-order valence-electron chi connectivity index (χ3n) is 2.58. The second-order valence-corrected chi connectivity index (χ2v) is 6.89. The zero-order chi connectivity index (χ0) is 14.7. The zero-order valence-electron chi connectivity index (χ0n) is 10.1. The molecule has 106 valence electrons. The average molecular weight is 487 g/mol. The topological polar surface area (TPSA) is 9.23 Å². The number of alkyl halides is 1. The Bertz CT molecular complexity index is 611. The first-order valence-corrected chi connectivity index (χ1v) is 8.53. The van der Waals surface area contributed by atoms with Crippen molar-refractivity contribution in [1.82, 2.24) is 0 Å². The first-order valence-electron chi connectivity index (χ1n) is 5.62. The first kappa shape index (κ1) is 16.3. The lowest BCUT2D eigenvalue weighted by molar-refractivity contribution is 0.302. The highest BCUT2D eigenvalue weighted by molar-refractivity contribution is 9.11. The summed E-state index contributed by atoms with van der Waals surface area (Å²) in [5, 5.41) is 0. The minimum atomic E-state index is -0.289. The van der Waals surface area contributed by atoms with Crippen LogP contribution in [0.1, 0.15) is 11.1 Å². The molecule has 0 N–H and O–H groups in total. The average Bonchev–Trinajstić information content (AvgIpc) is 2.41. The highest BCUT2D eigenvalue weighted by Crippen LogP contribution is 2.35. The van der Waals surface area contributed by atoms with Gasteiger partial charge in [0.1, 0.15) is 18.2 Å². The number of hydrogen-bond acceptors (Lipinski definition) is 1. The highest BCUT2D eigenvalue weighted by Gasteiger charge is 2.09. The maximum Gasteiger partial charge on any atom is 0.148 e. The molecular formula is C14H9Br3ClFO. The molecule has 2 rings (SSSR count). The summed E-state index contributed by atoms with van der Waals surface area (Å²) in [6.07, 6.45) is 0. The third-order valence-corrected chi connectivity index (χ3v) is 4.67. The molecule has 0 aromatic heterocycles. The SMILES string of the molecule is Fc1ccc(COc2c(Br)cc(CCl)cc2Br)cc1Br. The lowest BCUT2D eigenvalue weighted by Crippen LogP contribution is -1.98. The number of halogens is 5. The first-order chi connectivity index (χ1) is 9.51. The van der Waals surface area contributed by atoms with Crippen molar-refractivity contribution in [2.45, 2.75) is 12.5 Å². The van der Waals surface area contributed by atoms with Gasteiger partial charge in [-0.15, -0.1) is 11.6 Å². The summed E-state index contributed by atoms with van der Waals surface area (Å²) in [6.45, 7) is 0.344. The predicted molar refractivity (Wildman–Crippen MR) is 89.8 cm³/mol. The Morgan fingerprint density at radius 1 is 0.950 bits per heavy atom. The Morgan fingerprint density at radius 2 is 1.55 bits per heavy atom. The van der Waals surface area contributed by atoms with Crippen LogP contribution in [0.5, 0.6) is 5.75 Å². The molecule has 0 unspecified atom stereocenters. The van der Waals surface area contributed by atoms with Crippen LogP contribution in [0.3, 0.4) is 0 Å². The van der Waals surface area contributed by atoms with Crippen molar-refractivity contribution in [3.05, 3.63) is 60.7 Å². The van der Waals surface area contributed by atoms with Gasteiger partial charge >= 0.3 is 0 Å². The lowest BCUT2D eigenvalue weighted by Gasteiger charge is -2.12. The van der Waals surface area contributed by atoms with Gasteiger partial charge in [-0.3, -0.25) is 0 Å². The van der Waals surface area contributed by atoms with Crippen molar-refractivity contribution < 1.29 is 9.13 Å². The van der Waals surface area contributed by atoms with Gasteiger partial charge < -0.3 is 4.74 Å². The Morgan fingerprint density at radius 3 is 2.10 bits per heavy atom. The van der Waals surface area contributed by atoms with E-state index in [1.807, 2.05) is 12.1 Å². The molecule has 0 aliphatic rings. The summed E-state index contributed by atoms with van der Waals surface area (Å²) in [7, 11) is 0. The summed E-state index contributed by atoms with van der Waals surface area (Å²) >= 11 is 15.9. The molecule has 0 spiro atoms. The second-order valence-electron chi connectivity index (χ2n) is 4.06. The molecule has 0 aliphatic heterocycles. The predicted octanol–water partition coefficient (Wildman–Crippen LogP) is 6.43. The van der Waals surface area contributed by atoms with Crippen LogP contribution in [-0.4, -0.2) is 0 Å². The minimum Gasteiger partial charge on any atom is -0.487 e. The van der Waals surface area contributed by atoms with Gasteiger partial charge in [-0.05, 0) is 83.2 Å². The van der Waals surface area contributed by atoms with Crippen molar-refractivity contribution in [1.29, 1.82) is 0 Å². The Balaban J connectivity index is 2.16. The summed E-state index contributed by atoms with van der Waals surface area (Å²) in [5.74, 6) is 0.837. The van der Waals surface area contributed by atoms with E-state index >= 15 is 0 Å². The van der Waals surface area contributed by atoms with E-state index in [0.717, 1.165) is 20.1 Å². The summed E-state index contributed by atoms with van der Waals surface area (Å²) < 4.78 is 21.0. The molecule has 6 heteroatoms. The molecule has 0 radical (unpaired) electrons. The number of benzene rings is 2. The largest absolute Gasteiger partial charge is 0.487 e. The van der Waals surface area contributed by atoms with Crippen LogP contribution >= 0.6 is 59.4 Å². The molecule has 0 saturated heterocycles. The van der Waals surface area contributed by atoms with E-state index in [0.29, 0.717) is 22.7 Å². The third kappa shape index (κ3) is 3.97. The Hall–Kier alpha value is -0.100. The van der Waals surface area contributed by atoms with E-state index in [1.165, 1.54) is 6.07 Å². The summed E-state index contributed by atoms with van der Waals surface area (Å²) in [6, 6.07) is 8.62. The van der Waals surface area contributed by atoms with Crippen LogP contribution in [0, 0.1) is 5.82 Å². The van der Waals surface area contributed by atoms with Crippen LogP contribution in [0.15, 0.2) is 43.7 Å². The van der Waals surface area contributed by atoms with E-state index in [-0.39, 0.29) is 5.82 Å². The molecule has 1 nitrogen and oxygen atoms in total. The van der Waals surface area contributed by atoms with E-state index in [2.05, 4.69) is 47.8 Å². The Kier molecular flexibility index (Phi) is 5.90. The van der Waals surface area contributed by atoms with Gasteiger partial charge in [0.15, 0.2) is 0 Å². The van der Waals surface area contributed by atoms with Gasteiger partial charge in [-0.25, -0.2) is 4.39 Å². The van der Waals surface area contributed by atoms with Crippen molar-refractivity contribution in [3.63, 3.8) is 0 Å². The number of ether oxygens (including phenoxy) is 1. The Labute approximate surface area is 146 Å². The standard InChI is InChI=1S/C14H9Br3ClFO/c15-10-3-8(1-2-13(10)19)7-20-14-11(16)4-9(6-18)5-12(14)17/h1-5H,6-7H2. The van der Waals surface area contributed by atoms with Crippen LogP contribution in [0.25, 0.3) is 0 Å². The minimum absolute atomic E-state index is 0.289. The van der Waals surface area contributed by atoms with Gasteiger partial charge in [-0.2, -0.15) is 0 Å². The molecule has 2 aromatic carbocycles. The molecule has 0 heterocycles. The number of rotatable bonds is 4. The van der Waals surface area contributed by atoms with Gasteiger partial charge in [0, 0.05) is 5.88 Å².